The molecule has 1 aromatic carbocycles. The summed E-state index contributed by atoms with van der Waals surface area (Å²) in [4.78, 5) is 57.9. The zero-order valence-corrected chi connectivity index (χ0v) is 25.9. The molecule has 44 heavy (non-hydrogen) atoms. The van der Waals surface area contributed by atoms with Gasteiger partial charge in [-0.25, -0.2) is 14.6 Å². The van der Waals surface area contributed by atoms with Crippen molar-refractivity contribution in [2.24, 2.45) is 11.7 Å². The predicted octanol–water partition coefficient (Wildman–Crippen LogP) is 2.73. The van der Waals surface area contributed by atoms with Crippen molar-refractivity contribution in [3.05, 3.63) is 53.6 Å². The standard InChI is InChI=1S/C27H39N5O4S.C2HF3O2/c1-5-17(2)24(28)25(23(33)13-20-14-29-16-30-20)32-15-19-9-7-6-8-18(19)12-22(32)26(34)31-21(10-11-37-4)27(35)36-3;3-2(4,5)1(6)7/h6-9,14,16-17,21-22,24-25H,5,10-13,15,28H2,1-4H3,(H,29,30)(H,31,34);(H,6,7)/t17-,21?,22-,24-,25?;/m0./s1. The summed E-state index contributed by atoms with van der Waals surface area (Å²) in [6, 6.07) is 5.34. The van der Waals surface area contributed by atoms with Crippen LogP contribution in [0.5, 0.6) is 0 Å². The molecule has 0 fully saturated rings. The van der Waals surface area contributed by atoms with E-state index in [1.807, 2.05) is 49.3 Å². The number of carbonyl (C=O) groups is 4. The van der Waals surface area contributed by atoms with Gasteiger partial charge in [-0.3, -0.25) is 14.5 Å². The molecular formula is C29H40F3N5O6S. The van der Waals surface area contributed by atoms with E-state index >= 15 is 0 Å². The number of Topliss-reactive ketones (excluding diaryl/α,β-unsaturated/α-hetero) is 1. The van der Waals surface area contributed by atoms with E-state index in [0.717, 1.165) is 17.5 Å². The molecule has 15 heteroatoms. The molecule has 2 aromatic rings. The molecule has 0 bridgehead atoms. The van der Waals surface area contributed by atoms with Gasteiger partial charge in [0.05, 0.1) is 37.6 Å². The van der Waals surface area contributed by atoms with Gasteiger partial charge in [-0.2, -0.15) is 24.9 Å². The van der Waals surface area contributed by atoms with Crippen LogP contribution in [0.15, 0.2) is 36.8 Å². The molecule has 1 aliphatic heterocycles. The fourth-order valence-electron chi connectivity index (χ4n) is 4.85. The van der Waals surface area contributed by atoms with E-state index < -0.39 is 42.3 Å². The quantitative estimate of drug-likeness (QED) is 0.238. The van der Waals surface area contributed by atoms with Crippen LogP contribution in [0.3, 0.4) is 0 Å². The number of carboxylic acids is 1. The van der Waals surface area contributed by atoms with E-state index in [4.69, 9.17) is 20.4 Å². The zero-order valence-electron chi connectivity index (χ0n) is 25.1. The number of alkyl halides is 3. The molecular weight excluding hydrogens is 603 g/mol. The first-order chi connectivity index (χ1) is 20.7. The molecule has 1 aromatic heterocycles. The van der Waals surface area contributed by atoms with Crippen LogP contribution in [0, 0.1) is 5.92 Å². The summed E-state index contributed by atoms with van der Waals surface area (Å²) >= 11 is 1.59. The van der Waals surface area contributed by atoms with Gasteiger partial charge in [0, 0.05) is 18.8 Å². The molecule has 1 amide bonds. The second kappa shape index (κ2) is 17.2. The molecule has 0 aliphatic carbocycles. The number of halogens is 3. The second-order valence-corrected chi connectivity index (χ2v) is 11.4. The zero-order chi connectivity index (χ0) is 33.0. The highest BCUT2D eigenvalue weighted by molar-refractivity contribution is 7.98. The number of esters is 1. The Bertz CT molecular complexity index is 1250. The van der Waals surface area contributed by atoms with Crippen molar-refractivity contribution >= 4 is 35.4 Å². The topological polar surface area (TPSA) is 168 Å². The van der Waals surface area contributed by atoms with Crippen molar-refractivity contribution in [3.63, 3.8) is 0 Å². The van der Waals surface area contributed by atoms with E-state index in [1.54, 1.807) is 24.3 Å². The summed E-state index contributed by atoms with van der Waals surface area (Å²) in [5.41, 5.74) is 9.50. The van der Waals surface area contributed by atoms with Crippen molar-refractivity contribution in [3.8, 4) is 0 Å². The smallest absolute Gasteiger partial charge is 0.475 e. The number of benzene rings is 1. The number of fused-ring (bicyclic) bond motifs is 1. The molecule has 244 valence electrons. The number of aromatic nitrogens is 2. The van der Waals surface area contributed by atoms with Gasteiger partial charge in [0.1, 0.15) is 6.04 Å². The Morgan fingerprint density at radius 1 is 1.25 bits per heavy atom. The number of methoxy groups -OCH3 is 1. The number of thioether (sulfide) groups is 1. The van der Waals surface area contributed by atoms with E-state index in [1.165, 1.54) is 7.11 Å². The number of carboxylic acid groups (broad SMARTS) is 1. The largest absolute Gasteiger partial charge is 0.490 e. The number of imidazole rings is 1. The summed E-state index contributed by atoms with van der Waals surface area (Å²) in [7, 11) is 1.32. The number of amides is 1. The number of ketones is 1. The Morgan fingerprint density at radius 3 is 2.41 bits per heavy atom. The Kier molecular flexibility index (Phi) is 14.3. The normalized spacial score (nSPS) is 17.6. The summed E-state index contributed by atoms with van der Waals surface area (Å²) < 4.78 is 36.7. The third-order valence-electron chi connectivity index (χ3n) is 7.51. The number of H-pyrrole nitrogens is 1. The number of aromatic amines is 1. The van der Waals surface area contributed by atoms with E-state index in [9.17, 15) is 27.6 Å². The minimum absolute atomic E-state index is 0.0541. The average Bonchev–Trinajstić information content (AvgIpc) is 3.50. The molecule has 5 N–H and O–H groups in total. The highest BCUT2D eigenvalue weighted by Crippen LogP contribution is 2.29. The average molecular weight is 644 g/mol. The lowest BCUT2D eigenvalue weighted by molar-refractivity contribution is -0.192. The molecule has 5 atom stereocenters. The van der Waals surface area contributed by atoms with Crippen LogP contribution in [0.25, 0.3) is 0 Å². The van der Waals surface area contributed by atoms with Crippen molar-refractivity contribution in [2.75, 3.05) is 19.1 Å². The van der Waals surface area contributed by atoms with Crippen LogP contribution in [0.4, 0.5) is 13.2 Å². The molecule has 11 nitrogen and oxygen atoms in total. The number of ether oxygens (including phenoxy) is 1. The lowest BCUT2D eigenvalue weighted by atomic mass is 9.84. The second-order valence-electron chi connectivity index (χ2n) is 10.4. The van der Waals surface area contributed by atoms with Crippen molar-refractivity contribution in [2.45, 2.75) is 76.4 Å². The minimum atomic E-state index is -5.08. The Morgan fingerprint density at radius 2 is 1.89 bits per heavy atom. The monoisotopic (exact) mass is 643 g/mol. The maximum absolute atomic E-state index is 13.8. The molecule has 0 saturated carbocycles. The molecule has 0 spiro atoms. The highest BCUT2D eigenvalue weighted by Gasteiger charge is 2.43. The molecule has 2 heterocycles. The number of aliphatic carboxylic acids is 1. The van der Waals surface area contributed by atoms with Gasteiger partial charge in [-0.1, -0.05) is 44.5 Å². The third-order valence-corrected chi connectivity index (χ3v) is 8.15. The summed E-state index contributed by atoms with van der Waals surface area (Å²) in [6.07, 6.45) is 1.89. The first kappa shape index (κ1) is 36.8. The molecule has 0 radical (unpaired) electrons. The van der Waals surface area contributed by atoms with E-state index in [2.05, 4.69) is 15.3 Å². The van der Waals surface area contributed by atoms with Gasteiger partial charge in [0.2, 0.25) is 5.91 Å². The molecule has 3 rings (SSSR count). The van der Waals surface area contributed by atoms with Crippen LogP contribution >= 0.6 is 11.8 Å². The SMILES string of the molecule is CC[C@H](C)[C@H](N)C(C(=O)Cc1c[nH]cn1)N1Cc2ccccc2C[C@H]1C(=O)NC(CCSC)C(=O)OC.O=C(O)C(F)(F)F. The van der Waals surface area contributed by atoms with Crippen LogP contribution in [0.1, 0.15) is 43.5 Å². The van der Waals surface area contributed by atoms with E-state index in [0.29, 0.717) is 30.8 Å². The lowest BCUT2D eigenvalue weighted by Gasteiger charge is -2.44. The van der Waals surface area contributed by atoms with Gasteiger partial charge in [-0.05, 0) is 41.9 Å². The number of nitrogens with one attached hydrogen (secondary N) is 2. The van der Waals surface area contributed by atoms with Gasteiger partial charge >= 0.3 is 18.1 Å². The van der Waals surface area contributed by atoms with Gasteiger partial charge < -0.3 is 25.9 Å². The molecule has 1 aliphatic rings. The van der Waals surface area contributed by atoms with Crippen LogP contribution in [-0.2, 0) is 43.3 Å². The fourth-order valence-corrected chi connectivity index (χ4v) is 5.32. The van der Waals surface area contributed by atoms with Gasteiger partial charge in [0.15, 0.2) is 5.78 Å². The first-order valence-electron chi connectivity index (χ1n) is 14.0. The molecule has 2 unspecified atom stereocenters. The Hall–Kier alpha value is -3.43. The Labute approximate surface area is 258 Å². The first-order valence-corrected chi connectivity index (χ1v) is 15.4. The fraction of sp³-hybridized carbons (Fsp3) is 0.552. The maximum Gasteiger partial charge on any atom is 0.490 e. The van der Waals surface area contributed by atoms with Crippen molar-refractivity contribution in [1.82, 2.24) is 20.2 Å². The Balaban J connectivity index is 0.000000860. The molecule has 0 saturated heterocycles. The van der Waals surface area contributed by atoms with E-state index in [-0.39, 0.29) is 24.0 Å². The van der Waals surface area contributed by atoms with Crippen LogP contribution < -0.4 is 11.1 Å². The van der Waals surface area contributed by atoms with Crippen LogP contribution in [-0.4, -0.2) is 93.1 Å². The summed E-state index contributed by atoms with van der Waals surface area (Å²) in [5, 5.41) is 10.0. The maximum atomic E-state index is 13.8. The van der Waals surface area contributed by atoms with Crippen molar-refractivity contribution in [1.29, 1.82) is 0 Å². The highest BCUT2D eigenvalue weighted by atomic mass is 32.2. The lowest BCUT2D eigenvalue weighted by Crippen LogP contribution is -2.63. The van der Waals surface area contributed by atoms with Gasteiger partial charge in [0.25, 0.3) is 0 Å². The summed E-state index contributed by atoms with van der Waals surface area (Å²) in [5.74, 6) is -2.87. The number of nitrogens with zero attached hydrogens (tertiary/aromatic N) is 2. The van der Waals surface area contributed by atoms with Gasteiger partial charge in [-0.15, -0.1) is 0 Å². The number of hydrogen-bond acceptors (Lipinski definition) is 9. The van der Waals surface area contributed by atoms with Crippen LogP contribution in [0.2, 0.25) is 0 Å². The third kappa shape index (κ3) is 10.3. The number of carbonyl (C=O) groups excluding carboxylic acids is 3. The number of nitrogens with two attached hydrogens (primary N) is 1. The summed E-state index contributed by atoms with van der Waals surface area (Å²) in [6.45, 7) is 4.48. The predicted molar refractivity (Wildman–Crippen MR) is 159 cm³/mol. The number of rotatable bonds is 13. The minimum Gasteiger partial charge on any atom is -0.475 e. The van der Waals surface area contributed by atoms with Crippen molar-refractivity contribution < 1.29 is 42.2 Å². The number of hydrogen-bond donors (Lipinski definition) is 4.